The molecular weight excluding hydrogens is 192 g/mol. The molecule has 0 aliphatic carbocycles. The quantitative estimate of drug-likeness (QED) is 0.759. The van der Waals surface area contributed by atoms with Gasteiger partial charge in [-0.3, -0.25) is 0 Å². The number of nitrogens with one attached hydrogen (secondary N) is 1. The zero-order valence-corrected chi connectivity index (χ0v) is 8.94. The largest absolute Gasteiger partial charge is 0.378 e. The van der Waals surface area contributed by atoms with Crippen LogP contribution in [-0.2, 0) is 11.3 Å². The first-order chi connectivity index (χ1) is 7.42. The highest BCUT2D eigenvalue weighted by Crippen LogP contribution is 2.16. The predicted molar refractivity (Wildman–Crippen MR) is 57.8 cm³/mol. The summed E-state index contributed by atoms with van der Waals surface area (Å²) in [6.45, 7) is 4.18. The van der Waals surface area contributed by atoms with E-state index in [0.29, 0.717) is 0 Å². The molecule has 0 unspecified atom stereocenters. The molecular formula is C10H16N4O. The lowest BCUT2D eigenvalue weighted by Crippen LogP contribution is -2.37. The van der Waals surface area contributed by atoms with Crippen molar-refractivity contribution in [1.82, 2.24) is 15.3 Å². The van der Waals surface area contributed by atoms with E-state index in [0.717, 1.165) is 44.2 Å². The Morgan fingerprint density at radius 1 is 1.47 bits per heavy atom. The van der Waals surface area contributed by atoms with Crippen LogP contribution in [0.4, 0.5) is 5.82 Å². The van der Waals surface area contributed by atoms with E-state index in [9.17, 15) is 0 Å². The zero-order chi connectivity index (χ0) is 10.5. The Morgan fingerprint density at radius 2 is 2.27 bits per heavy atom. The number of rotatable bonds is 3. The van der Waals surface area contributed by atoms with Crippen molar-refractivity contribution in [2.75, 3.05) is 38.3 Å². The van der Waals surface area contributed by atoms with Gasteiger partial charge in [0, 0.05) is 31.4 Å². The topological polar surface area (TPSA) is 50.3 Å². The van der Waals surface area contributed by atoms with Gasteiger partial charge in [0.15, 0.2) is 0 Å². The van der Waals surface area contributed by atoms with Gasteiger partial charge in [0.05, 0.1) is 13.2 Å². The van der Waals surface area contributed by atoms with Gasteiger partial charge >= 0.3 is 0 Å². The van der Waals surface area contributed by atoms with E-state index < -0.39 is 0 Å². The average Bonchev–Trinajstić information content (AvgIpc) is 2.31. The maximum absolute atomic E-state index is 5.32. The molecule has 0 saturated carbocycles. The minimum Gasteiger partial charge on any atom is -0.378 e. The summed E-state index contributed by atoms with van der Waals surface area (Å²) in [4.78, 5) is 10.6. The van der Waals surface area contributed by atoms with Crippen LogP contribution in [0.2, 0.25) is 0 Å². The van der Waals surface area contributed by atoms with E-state index >= 15 is 0 Å². The maximum atomic E-state index is 5.32. The van der Waals surface area contributed by atoms with Crippen molar-refractivity contribution in [2.24, 2.45) is 0 Å². The lowest BCUT2D eigenvalue weighted by Gasteiger charge is -2.29. The van der Waals surface area contributed by atoms with Crippen molar-refractivity contribution in [3.8, 4) is 0 Å². The fourth-order valence-corrected chi connectivity index (χ4v) is 1.73. The number of anilines is 1. The molecule has 2 heterocycles. The Bertz CT molecular complexity index is 312. The molecule has 2 rings (SSSR count). The van der Waals surface area contributed by atoms with Crippen LogP contribution in [0.15, 0.2) is 12.5 Å². The van der Waals surface area contributed by atoms with E-state index in [1.807, 2.05) is 13.2 Å². The number of nitrogens with zero attached hydrogens (tertiary/aromatic N) is 3. The summed E-state index contributed by atoms with van der Waals surface area (Å²) in [6.07, 6.45) is 3.47. The fourth-order valence-electron chi connectivity index (χ4n) is 1.73. The van der Waals surface area contributed by atoms with Gasteiger partial charge < -0.3 is 15.0 Å². The molecule has 5 nitrogen and oxygen atoms in total. The molecule has 0 amide bonds. The van der Waals surface area contributed by atoms with Crippen molar-refractivity contribution in [3.63, 3.8) is 0 Å². The molecule has 1 aliphatic heterocycles. The summed E-state index contributed by atoms with van der Waals surface area (Å²) < 4.78 is 5.32. The van der Waals surface area contributed by atoms with Gasteiger partial charge in [-0.25, -0.2) is 9.97 Å². The average molecular weight is 208 g/mol. The highest BCUT2D eigenvalue weighted by Gasteiger charge is 2.15. The first-order valence-corrected chi connectivity index (χ1v) is 5.18. The molecule has 5 heteroatoms. The molecule has 0 aromatic carbocycles. The first kappa shape index (κ1) is 10.3. The third-order valence-corrected chi connectivity index (χ3v) is 2.44. The van der Waals surface area contributed by atoms with Gasteiger partial charge in [0.2, 0.25) is 0 Å². The molecule has 0 bridgehead atoms. The first-order valence-electron chi connectivity index (χ1n) is 5.18. The number of aromatic nitrogens is 2. The molecule has 1 saturated heterocycles. The number of hydrogen-bond donors (Lipinski definition) is 1. The molecule has 1 aromatic heterocycles. The molecule has 1 aromatic rings. The number of morpholine rings is 1. The van der Waals surface area contributed by atoms with Crippen molar-refractivity contribution < 1.29 is 4.74 Å². The molecule has 0 atom stereocenters. The number of ether oxygens (including phenoxy) is 1. The summed E-state index contributed by atoms with van der Waals surface area (Å²) in [5.74, 6) is 1.03. The van der Waals surface area contributed by atoms with E-state index in [2.05, 4.69) is 20.2 Å². The highest BCUT2D eigenvalue weighted by molar-refractivity contribution is 5.45. The van der Waals surface area contributed by atoms with Crippen LogP contribution < -0.4 is 10.2 Å². The van der Waals surface area contributed by atoms with Crippen molar-refractivity contribution >= 4 is 5.82 Å². The zero-order valence-electron chi connectivity index (χ0n) is 8.94. The van der Waals surface area contributed by atoms with Gasteiger partial charge in [-0.15, -0.1) is 0 Å². The molecule has 1 fully saturated rings. The van der Waals surface area contributed by atoms with Gasteiger partial charge in [-0.2, -0.15) is 0 Å². The number of hydrogen-bond acceptors (Lipinski definition) is 5. The SMILES string of the molecule is CNCc1cncnc1N1CCOCC1. The Morgan fingerprint density at radius 3 is 3.00 bits per heavy atom. The fraction of sp³-hybridized carbons (Fsp3) is 0.600. The third-order valence-electron chi connectivity index (χ3n) is 2.44. The van der Waals surface area contributed by atoms with Crippen LogP contribution in [0.25, 0.3) is 0 Å². The maximum Gasteiger partial charge on any atom is 0.136 e. The molecule has 0 radical (unpaired) electrons. The van der Waals surface area contributed by atoms with Crippen molar-refractivity contribution in [3.05, 3.63) is 18.1 Å². The van der Waals surface area contributed by atoms with Crippen molar-refractivity contribution in [2.45, 2.75) is 6.54 Å². The van der Waals surface area contributed by atoms with Crippen LogP contribution in [-0.4, -0.2) is 43.3 Å². The molecule has 1 N–H and O–H groups in total. The lowest BCUT2D eigenvalue weighted by atomic mass is 10.2. The van der Waals surface area contributed by atoms with Crippen LogP contribution in [0.3, 0.4) is 0 Å². The minimum absolute atomic E-state index is 0.781. The van der Waals surface area contributed by atoms with E-state index in [4.69, 9.17) is 4.74 Å². The Hall–Kier alpha value is -1.20. The normalized spacial score (nSPS) is 16.7. The Labute approximate surface area is 89.5 Å². The third kappa shape index (κ3) is 2.43. The second-order valence-electron chi connectivity index (χ2n) is 3.50. The Balaban J connectivity index is 2.17. The summed E-state index contributed by atoms with van der Waals surface area (Å²) >= 11 is 0. The lowest BCUT2D eigenvalue weighted by molar-refractivity contribution is 0.122. The van der Waals surface area contributed by atoms with Gasteiger partial charge in [0.1, 0.15) is 12.1 Å². The summed E-state index contributed by atoms with van der Waals surface area (Å²) in [5.41, 5.74) is 1.14. The van der Waals surface area contributed by atoms with E-state index in [-0.39, 0.29) is 0 Å². The van der Waals surface area contributed by atoms with Gasteiger partial charge in [0.25, 0.3) is 0 Å². The Kier molecular flexibility index (Phi) is 3.47. The summed E-state index contributed by atoms with van der Waals surface area (Å²) in [6, 6.07) is 0. The van der Waals surface area contributed by atoms with Gasteiger partial charge in [-0.05, 0) is 7.05 Å². The second kappa shape index (κ2) is 5.04. The van der Waals surface area contributed by atoms with Gasteiger partial charge in [-0.1, -0.05) is 0 Å². The van der Waals surface area contributed by atoms with Crippen LogP contribution >= 0.6 is 0 Å². The second-order valence-corrected chi connectivity index (χ2v) is 3.50. The molecule has 15 heavy (non-hydrogen) atoms. The minimum atomic E-state index is 0.781. The summed E-state index contributed by atoms with van der Waals surface area (Å²) in [5, 5.41) is 3.13. The molecule has 82 valence electrons. The smallest absolute Gasteiger partial charge is 0.136 e. The van der Waals surface area contributed by atoms with Crippen LogP contribution in [0.1, 0.15) is 5.56 Å². The van der Waals surface area contributed by atoms with Crippen LogP contribution in [0.5, 0.6) is 0 Å². The van der Waals surface area contributed by atoms with Crippen molar-refractivity contribution in [1.29, 1.82) is 0 Å². The highest BCUT2D eigenvalue weighted by atomic mass is 16.5. The summed E-state index contributed by atoms with van der Waals surface area (Å²) in [7, 11) is 1.93. The predicted octanol–water partition coefficient (Wildman–Crippen LogP) is 0.0326. The van der Waals surface area contributed by atoms with E-state index in [1.54, 1.807) is 6.33 Å². The molecule has 1 aliphatic rings. The monoisotopic (exact) mass is 208 g/mol. The van der Waals surface area contributed by atoms with Crippen LogP contribution in [0, 0.1) is 0 Å². The standard InChI is InChI=1S/C10H16N4O/c1-11-6-9-7-12-8-13-10(9)14-2-4-15-5-3-14/h7-8,11H,2-6H2,1H3. The molecule has 0 spiro atoms. The van der Waals surface area contributed by atoms with E-state index in [1.165, 1.54) is 0 Å².